The Labute approximate surface area is 188 Å². The molecular weight excluding hydrogens is 416 g/mol. The van der Waals surface area contributed by atoms with Gasteiger partial charge < -0.3 is 5.21 Å². The number of halogens is 1. The van der Waals surface area contributed by atoms with Crippen LogP contribution in [0.4, 0.5) is 0 Å². The molecule has 2 heterocycles. The van der Waals surface area contributed by atoms with E-state index in [4.69, 9.17) is 16.4 Å². The molecule has 168 valence electrons. The Bertz CT molecular complexity index is 980. The number of hydrogen-bond acceptors (Lipinski definition) is 4. The molecule has 2 aromatic rings. The SMILES string of the molecule is CC1(C)CON(Cc2ccccc2Cl)C1=O.Cc1cc(C2CCCCC2)n(O)c(=O)c1. The molecule has 0 bridgehead atoms. The van der Waals surface area contributed by atoms with E-state index in [2.05, 4.69) is 0 Å². The number of hydrogen-bond donors (Lipinski definition) is 1. The number of nitrogens with zero attached hydrogens (tertiary/aromatic N) is 2. The third kappa shape index (κ3) is 5.69. The number of aryl methyl sites for hydroxylation is 1. The molecule has 1 aromatic carbocycles. The van der Waals surface area contributed by atoms with Crippen molar-refractivity contribution in [1.29, 1.82) is 0 Å². The molecule has 1 aliphatic carbocycles. The first kappa shape index (κ1) is 23.4. The highest BCUT2D eigenvalue weighted by Crippen LogP contribution is 2.32. The van der Waals surface area contributed by atoms with Crippen LogP contribution in [0, 0.1) is 12.3 Å². The van der Waals surface area contributed by atoms with Crippen LogP contribution in [0.5, 0.6) is 0 Å². The van der Waals surface area contributed by atoms with Crippen molar-refractivity contribution in [2.75, 3.05) is 6.61 Å². The van der Waals surface area contributed by atoms with Gasteiger partial charge in [0.25, 0.3) is 11.5 Å². The zero-order chi connectivity index (χ0) is 22.6. The summed E-state index contributed by atoms with van der Waals surface area (Å²) in [7, 11) is 0. The largest absolute Gasteiger partial charge is 0.425 e. The van der Waals surface area contributed by atoms with Crippen LogP contribution in [0.15, 0.2) is 41.2 Å². The van der Waals surface area contributed by atoms with Gasteiger partial charge in [0.15, 0.2) is 0 Å². The molecule has 1 saturated carbocycles. The fraction of sp³-hybridized carbons (Fsp3) is 0.500. The molecule has 0 atom stereocenters. The van der Waals surface area contributed by atoms with Crippen molar-refractivity contribution in [2.45, 2.75) is 65.3 Å². The first-order valence-electron chi connectivity index (χ1n) is 10.8. The maximum absolute atomic E-state index is 11.9. The Morgan fingerprint density at radius 1 is 1.13 bits per heavy atom. The quantitative estimate of drug-likeness (QED) is 0.667. The topological polar surface area (TPSA) is 71.8 Å². The minimum absolute atomic E-state index is 0.00687. The van der Waals surface area contributed by atoms with Crippen LogP contribution >= 0.6 is 11.6 Å². The summed E-state index contributed by atoms with van der Waals surface area (Å²) in [5, 5.41) is 11.7. The van der Waals surface area contributed by atoms with Gasteiger partial charge in [-0.1, -0.05) is 49.1 Å². The fourth-order valence-electron chi connectivity index (χ4n) is 4.00. The number of benzene rings is 1. The molecule has 0 spiro atoms. The third-order valence-corrected chi connectivity index (χ3v) is 6.23. The van der Waals surface area contributed by atoms with E-state index in [1.807, 2.05) is 51.1 Å². The van der Waals surface area contributed by atoms with E-state index >= 15 is 0 Å². The van der Waals surface area contributed by atoms with E-state index in [9.17, 15) is 14.8 Å². The number of aromatic nitrogens is 1. The number of carbonyl (C=O) groups is 1. The highest BCUT2D eigenvalue weighted by atomic mass is 35.5. The normalized spacial score (nSPS) is 18.6. The first-order valence-corrected chi connectivity index (χ1v) is 11.2. The Hall–Kier alpha value is -2.31. The monoisotopic (exact) mass is 446 g/mol. The highest BCUT2D eigenvalue weighted by molar-refractivity contribution is 6.31. The van der Waals surface area contributed by atoms with Crippen LogP contribution in [0.1, 0.15) is 68.7 Å². The molecular formula is C24H31ClN2O4. The number of carbonyl (C=O) groups excluding carboxylic acids is 1. The highest BCUT2D eigenvalue weighted by Gasteiger charge is 2.40. The van der Waals surface area contributed by atoms with E-state index in [0.717, 1.165) is 34.4 Å². The minimum Gasteiger partial charge on any atom is -0.425 e. The third-order valence-electron chi connectivity index (χ3n) is 5.86. The summed E-state index contributed by atoms with van der Waals surface area (Å²) < 4.78 is 0.822. The van der Waals surface area contributed by atoms with E-state index in [1.54, 1.807) is 0 Å². The van der Waals surface area contributed by atoms with Crippen molar-refractivity contribution < 1.29 is 14.8 Å². The van der Waals surface area contributed by atoms with E-state index in [1.165, 1.54) is 30.4 Å². The first-order chi connectivity index (χ1) is 14.7. The molecule has 2 fully saturated rings. The van der Waals surface area contributed by atoms with Gasteiger partial charge in [-0.05, 0) is 56.9 Å². The smallest absolute Gasteiger partial charge is 0.283 e. The van der Waals surface area contributed by atoms with E-state index in [-0.39, 0.29) is 11.5 Å². The van der Waals surface area contributed by atoms with Gasteiger partial charge in [-0.25, -0.2) is 5.06 Å². The Morgan fingerprint density at radius 2 is 1.81 bits per heavy atom. The lowest BCUT2D eigenvalue weighted by atomic mass is 9.86. The molecule has 1 saturated heterocycles. The second kappa shape index (κ2) is 9.88. The molecule has 2 aliphatic rings. The van der Waals surface area contributed by atoms with Crippen LogP contribution in [0.2, 0.25) is 5.02 Å². The lowest BCUT2D eigenvalue weighted by Gasteiger charge is -2.22. The zero-order valence-electron chi connectivity index (χ0n) is 18.4. The molecule has 1 aromatic heterocycles. The molecule has 0 radical (unpaired) electrons. The van der Waals surface area contributed by atoms with Crippen LogP contribution < -0.4 is 5.56 Å². The van der Waals surface area contributed by atoms with Crippen molar-refractivity contribution in [3.63, 3.8) is 0 Å². The average Bonchev–Trinajstić information content (AvgIpc) is 3.00. The Balaban J connectivity index is 0.000000176. The standard InChI is InChI=1S/C12H14ClNO2.C12H17NO2/c1-12(2)8-16-14(11(12)15)7-9-5-3-4-6-10(9)13;1-9-7-11(13(15)12(14)8-9)10-5-3-2-4-6-10/h3-6H,7-8H2,1-2H3;7-8,10,15H,2-6H2,1H3. The van der Waals surface area contributed by atoms with E-state index in [0.29, 0.717) is 24.1 Å². The summed E-state index contributed by atoms with van der Waals surface area (Å²) in [6, 6.07) is 10.9. The van der Waals surface area contributed by atoms with Gasteiger partial charge in [0.2, 0.25) is 0 Å². The maximum Gasteiger partial charge on any atom is 0.283 e. The second-order valence-corrected chi connectivity index (χ2v) is 9.44. The lowest BCUT2D eigenvalue weighted by Crippen LogP contribution is -2.30. The van der Waals surface area contributed by atoms with Gasteiger partial charge >= 0.3 is 0 Å². The van der Waals surface area contributed by atoms with Gasteiger partial charge in [0, 0.05) is 17.0 Å². The summed E-state index contributed by atoms with van der Waals surface area (Å²) in [6.07, 6.45) is 5.85. The maximum atomic E-state index is 11.9. The lowest BCUT2D eigenvalue weighted by molar-refractivity contribution is -0.165. The van der Waals surface area contributed by atoms with Gasteiger partial charge in [0.05, 0.1) is 24.3 Å². The predicted octanol–water partition coefficient (Wildman–Crippen LogP) is 5.08. The number of rotatable bonds is 3. The van der Waals surface area contributed by atoms with Gasteiger partial charge in [-0.2, -0.15) is 4.73 Å². The second-order valence-electron chi connectivity index (χ2n) is 9.03. The van der Waals surface area contributed by atoms with Gasteiger partial charge in [0.1, 0.15) is 0 Å². The van der Waals surface area contributed by atoms with Crippen molar-refractivity contribution in [3.05, 3.63) is 68.6 Å². The van der Waals surface area contributed by atoms with E-state index < -0.39 is 5.41 Å². The molecule has 31 heavy (non-hydrogen) atoms. The average molecular weight is 447 g/mol. The molecule has 0 unspecified atom stereocenters. The predicted molar refractivity (Wildman–Crippen MR) is 120 cm³/mol. The molecule has 1 N–H and O–H groups in total. The minimum atomic E-state index is -0.429. The van der Waals surface area contributed by atoms with Crippen molar-refractivity contribution >= 4 is 17.5 Å². The molecule has 4 rings (SSSR count). The van der Waals surface area contributed by atoms with Gasteiger partial charge in [-0.15, -0.1) is 0 Å². The number of pyridine rings is 1. The number of amides is 1. The summed E-state index contributed by atoms with van der Waals surface area (Å²) in [5.74, 6) is 0.365. The number of hydroxylamine groups is 2. The van der Waals surface area contributed by atoms with Gasteiger partial charge in [-0.3, -0.25) is 14.4 Å². The Kier molecular flexibility index (Phi) is 7.44. The summed E-state index contributed by atoms with van der Waals surface area (Å²) in [5.41, 5.74) is 1.89. The summed E-state index contributed by atoms with van der Waals surface area (Å²) in [6.45, 7) is 6.48. The molecule has 1 amide bonds. The zero-order valence-corrected chi connectivity index (χ0v) is 19.2. The van der Waals surface area contributed by atoms with Crippen LogP contribution in [-0.4, -0.2) is 27.5 Å². The van der Waals surface area contributed by atoms with Crippen molar-refractivity contribution in [3.8, 4) is 0 Å². The summed E-state index contributed by atoms with van der Waals surface area (Å²) >= 11 is 6.03. The van der Waals surface area contributed by atoms with Crippen LogP contribution in [-0.2, 0) is 16.2 Å². The van der Waals surface area contributed by atoms with Crippen LogP contribution in [0.25, 0.3) is 0 Å². The molecule has 7 heteroatoms. The van der Waals surface area contributed by atoms with Crippen LogP contribution in [0.3, 0.4) is 0 Å². The van der Waals surface area contributed by atoms with Crippen molar-refractivity contribution in [1.82, 2.24) is 9.79 Å². The molecule has 1 aliphatic heterocycles. The summed E-state index contributed by atoms with van der Waals surface area (Å²) in [4.78, 5) is 28.7. The Morgan fingerprint density at radius 3 is 2.42 bits per heavy atom. The fourth-order valence-corrected chi connectivity index (χ4v) is 4.20. The molecule has 6 nitrogen and oxygen atoms in total. The van der Waals surface area contributed by atoms with Crippen molar-refractivity contribution in [2.24, 2.45) is 5.41 Å².